The molecule has 0 aliphatic carbocycles. The number of aldehydes is 1. The third-order valence-corrected chi connectivity index (χ3v) is 1.85. The normalized spacial score (nSPS) is 9.90. The second-order valence-electron chi connectivity index (χ2n) is 2.55. The minimum atomic E-state index is 0.775. The van der Waals surface area contributed by atoms with Crippen molar-refractivity contribution in [1.82, 2.24) is 4.57 Å². The van der Waals surface area contributed by atoms with Crippen LogP contribution in [-0.4, -0.2) is 10.9 Å². The molecule has 10 heavy (non-hydrogen) atoms. The number of aromatic nitrogens is 1. The molecule has 0 aromatic carbocycles. The van der Waals surface area contributed by atoms with Crippen molar-refractivity contribution in [1.29, 1.82) is 0 Å². The Kier molecular flexibility index (Phi) is 1.62. The first-order chi connectivity index (χ1) is 4.66. The topological polar surface area (TPSA) is 22.0 Å². The largest absolute Gasteiger partial charge is 0.348 e. The molecule has 1 aromatic heterocycles. The predicted molar refractivity (Wildman–Crippen MR) is 40.3 cm³/mol. The maximum Gasteiger partial charge on any atom is 0.166 e. The number of carbonyl (C=O) groups is 1. The molecule has 0 fully saturated rings. The standard InChI is InChI=1S/C8H11NO/c1-6-4-9(3)8(5-10)7(6)2/h4-5H,1-3H3. The minimum absolute atomic E-state index is 0.775. The van der Waals surface area contributed by atoms with Gasteiger partial charge in [0.05, 0.1) is 5.69 Å². The van der Waals surface area contributed by atoms with Gasteiger partial charge < -0.3 is 4.57 Å². The van der Waals surface area contributed by atoms with E-state index >= 15 is 0 Å². The van der Waals surface area contributed by atoms with Gasteiger partial charge in [-0.25, -0.2) is 0 Å². The Morgan fingerprint density at radius 1 is 1.50 bits per heavy atom. The number of aryl methyl sites for hydroxylation is 2. The van der Waals surface area contributed by atoms with Crippen LogP contribution >= 0.6 is 0 Å². The molecule has 2 heteroatoms. The number of rotatable bonds is 1. The molecule has 0 bridgehead atoms. The van der Waals surface area contributed by atoms with E-state index in [4.69, 9.17) is 0 Å². The fourth-order valence-electron chi connectivity index (χ4n) is 1.09. The van der Waals surface area contributed by atoms with Crippen molar-refractivity contribution in [2.45, 2.75) is 13.8 Å². The molecule has 0 spiro atoms. The molecule has 54 valence electrons. The van der Waals surface area contributed by atoms with Gasteiger partial charge in [0.15, 0.2) is 6.29 Å². The summed E-state index contributed by atoms with van der Waals surface area (Å²) in [6.45, 7) is 3.96. The van der Waals surface area contributed by atoms with E-state index in [2.05, 4.69) is 0 Å². The Bertz CT molecular complexity index is 260. The zero-order chi connectivity index (χ0) is 7.72. The smallest absolute Gasteiger partial charge is 0.166 e. The Hall–Kier alpha value is -1.05. The van der Waals surface area contributed by atoms with E-state index in [9.17, 15) is 4.79 Å². The van der Waals surface area contributed by atoms with Crippen LogP contribution < -0.4 is 0 Å². The van der Waals surface area contributed by atoms with E-state index in [0.29, 0.717) is 0 Å². The molecule has 0 saturated heterocycles. The third-order valence-electron chi connectivity index (χ3n) is 1.85. The highest BCUT2D eigenvalue weighted by atomic mass is 16.1. The van der Waals surface area contributed by atoms with Gasteiger partial charge in [-0.3, -0.25) is 4.79 Å². The van der Waals surface area contributed by atoms with Crippen molar-refractivity contribution in [2.75, 3.05) is 0 Å². The van der Waals surface area contributed by atoms with Crippen LogP contribution in [0.1, 0.15) is 21.6 Å². The van der Waals surface area contributed by atoms with Crippen molar-refractivity contribution in [3.63, 3.8) is 0 Å². The number of nitrogens with zero attached hydrogens (tertiary/aromatic N) is 1. The number of carbonyl (C=O) groups excluding carboxylic acids is 1. The lowest BCUT2D eigenvalue weighted by molar-refractivity contribution is 0.111. The van der Waals surface area contributed by atoms with Crippen molar-refractivity contribution < 1.29 is 4.79 Å². The summed E-state index contributed by atoms with van der Waals surface area (Å²) >= 11 is 0. The van der Waals surface area contributed by atoms with Crippen LogP contribution in [0.5, 0.6) is 0 Å². The van der Waals surface area contributed by atoms with E-state index in [-0.39, 0.29) is 0 Å². The van der Waals surface area contributed by atoms with Crippen molar-refractivity contribution >= 4 is 6.29 Å². The van der Waals surface area contributed by atoms with Gasteiger partial charge in [0, 0.05) is 13.2 Å². The van der Waals surface area contributed by atoms with Crippen LogP contribution in [0, 0.1) is 13.8 Å². The van der Waals surface area contributed by atoms with Gasteiger partial charge in [-0.05, 0) is 25.0 Å². The summed E-state index contributed by atoms with van der Waals surface area (Å²) in [7, 11) is 1.88. The van der Waals surface area contributed by atoms with E-state index < -0.39 is 0 Å². The van der Waals surface area contributed by atoms with Gasteiger partial charge in [-0.15, -0.1) is 0 Å². The summed E-state index contributed by atoms with van der Waals surface area (Å²) in [6, 6.07) is 0. The monoisotopic (exact) mass is 137 g/mol. The van der Waals surface area contributed by atoms with Crippen LogP contribution in [-0.2, 0) is 7.05 Å². The minimum Gasteiger partial charge on any atom is -0.348 e. The van der Waals surface area contributed by atoms with Gasteiger partial charge in [0.1, 0.15) is 0 Å². The van der Waals surface area contributed by atoms with E-state index in [1.165, 1.54) is 5.56 Å². The van der Waals surface area contributed by atoms with Gasteiger partial charge in [0.2, 0.25) is 0 Å². The second kappa shape index (κ2) is 2.29. The highest BCUT2D eigenvalue weighted by Crippen LogP contribution is 2.11. The lowest BCUT2D eigenvalue weighted by Gasteiger charge is -1.92. The Morgan fingerprint density at radius 2 is 2.10 bits per heavy atom. The van der Waals surface area contributed by atoms with Crippen LogP contribution in [0.4, 0.5) is 0 Å². The van der Waals surface area contributed by atoms with E-state index in [0.717, 1.165) is 17.5 Å². The second-order valence-corrected chi connectivity index (χ2v) is 2.55. The average molecular weight is 137 g/mol. The predicted octanol–water partition coefficient (Wildman–Crippen LogP) is 1.45. The maximum absolute atomic E-state index is 10.4. The third kappa shape index (κ3) is 0.856. The Labute approximate surface area is 60.5 Å². The molecule has 0 aliphatic rings. The van der Waals surface area contributed by atoms with Crippen LogP contribution in [0.3, 0.4) is 0 Å². The lowest BCUT2D eigenvalue weighted by atomic mass is 10.2. The molecule has 0 saturated carbocycles. The zero-order valence-corrected chi connectivity index (χ0v) is 6.51. The first kappa shape index (κ1) is 7.06. The molecule has 1 heterocycles. The molecular formula is C8H11NO. The van der Waals surface area contributed by atoms with Crippen molar-refractivity contribution in [3.8, 4) is 0 Å². The molecule has 0 radical (unpaired) electrons. The molecule has 0 atom stereocenters. The van der Waals surface area contributed by atoms with Crippen LogP contribution in [0.25, 0.3) is 0 Å². The lowest BCUT2D eigenvalue weighted by Crippen LogP contribution is -1.93. The van der Waals surface area contributed by atoms with Crippen LogP contribution in [0.15, 0.2) is 6.20 Å². The molecule has 0 aliphatic heterocycles. The molecule has 2 nitrogen and oxygen atoms in total. The summed E-state index contributed by atoms with van der Waals surface area (Å²) in [5.74, 6) is 0. The Morgan fingerprint density at radius 3 is 2.30 bits per heavy atom. The maximum atomic E-state index is 10.4. The summed E-state index contributed by atoms with van der Waals surface area (Å²) < 4.78 is 1.84. The molecule has 1 rings (SSSR count). The summed E-state index contributed by atoms with van der Waals surface area (Å²) in [6.07, 6.45) is 2.85. The number of hydrogen-bond acceptors (Lipinski definition) is 1. The first-order valence-corrected chi connectivity index (χ1v) is 3.24. The van der Waals surface area contributed by atoms with Crippen molar-refractivity contribution in [2.24, 2.45) is 7.05 Å². The van der Waals surface area contributed by atoms with Gasteiger partial charge in [-0.2, -0.15) is 0 Å². The number of hydrogen-bond donors (Lipinski definition) is 0. The molecule has 0 amide bonds. The Balaban J connectivity index is 3.33. The van der Waals surface area contributed by atoms with Gasteiger partial charge in [0.25, 0.3) is 0 Å². The van der Waals surface area contributed by atoms with E-state index in [1.807, 2.05) is 31.7 Å². The average Bonchev–Trinajstić information content (AvgIpc) is 2.09. The summed E-state index contributed by atoms with van der Waals surface area (Å²) in [5, 5.41) is 0. The molecule has 0 N–H and O–H groups in total. The molecule has 0 unspecified atom stereocenters. The SMILES string of the molecule is Cc1cn(C)c(C=O)c1C. The van der Waals surface area contributed by atoms with E-state index in [1.54, 1.807) is 0 Å². The van der Waals surface area contributed by atoms with Gasteiger partial charge in [-0.1, -0.05) is 0 Å². The summed E-state index contributed by atoms with van der Waals surface area (Å²) in [5.41, 5.74) is 3.03. The fourth-order valence-corrected chi connectivity index (χ4v) is 1.09. The van der Waals surface area contributed by atoms with Gasteiger partial charge >= 0.3 is 0 Å². The highest BCUT2D eigenvalue weighted by molar-refractivity contribution is 5.75. The summed E-state index contributed by atoms with van der Waals surface area (Å²) in [4.78, 5) is 10.4. The molecular weight excluding hydrogens is 126 g/mol. The molecule has 1 aromatic rings. The quantitative estimate of drug-likeness (QED) is 0.537. The fraction of sp³-hybridized carbons (Fsp3) is 0.375. The zero-order valence-electron chi connectivity index (χ0n) is 6.51. The van der Waals surface area contributed by atoms with Crippen molar-refractivity contribution in [3.05, 3.63) is 23.0 Å². The first-order valence-electron chi connectivity index (χ1n) is 3.24. The van der Waals surface area contributed by atoms with Crippen LogP contribution in [0.2, 0.25) is 0 Å². The highest BCUT2D eigenvalue weighted by Gasteiger charge is 2.03.